The zero-order valence-corrected chi connectivity index (χ0v) is 15.1. The number of carbonyl (C=O) groups is 2. The van der Waals surface area contributed by atoms with E-state index in [1.54, 1.807) is 36.1 Å². The maximum Gasteiger partial charge on any atom is 0.338 e. The Labute approximate surface area is 149 Å². The van der Waals surface area contributed by atoms with Crippen LogP contribution in [0.4, 0.5) is 5.69 Å². The number of anilines is 1. The van der Waals surface area contributed by atoms with Gasteiger partial charge in [-0.1, -0.05) is 34.1 Å². The summed E-state index contributed by atoms with van der Waals surface area (Å²) in [6.45, 7) is 3.62. The van der Waals surface area contributed by atoms with Gasteiger partial charge in [0.1, 0.15) is 0 Å². The van der Waals surface area contributed by atoms with E-state index in [1.165, 1.54) is 0 Å². The number of benzene rings is 2. The Hall–Kier alpha value is -2.14. The van der Waals surface area contributed by atoms with E-state index in [1.807, 2.05) is 31.2 Å². The molecule has 0 bridgehead atoms. The Bertz CT molecular complexity index is 772. The summed E-state index contributed by atoms with van der Waals surface area (Å²) in [5, 5.41) is 0. The van der Waals surface area contributed by atoms with Gasteiger partial charge >= 0.3 is 5.97 Å². The van der Waals surface area contributed by atoms with Gasteiger partial charge in [-0.25, -0.2) is 4.79 Å². The summed E-state index contributed by atoms with van der Waals surface area (Å²) in [5.41, 5.74) is 2.47. The zero-order valence-electron chi connectivity index (χ0n) is 13.5. The van der Waals surface area contributed by atoms with Crippen molar-refractivity contribution in [1.29, 1.82) is 0 Å². The van der Waals surface area contributed by atoms with Gasteiger partial charge in [0, 0.05) is 16.2 Å². The van der Waals surface area contributed by atoms with Crippen LogP contribution in [-0.4, -0.2) is 24.0 Å². The molecule has 1 heterocycles. The lowest BCUT2D eigenvalue weighted by atomic mass is 10.1. The molecule has 0 saturated carbocycles. The molecule has 1 amide bonds. The minimum absolute atomic E-state index is 0.0590. The Morgan fingerprint density at radius 1 is 1.17 bits per heavy atom. The van der Waals surface area contributed by atoms with E-state index >= 15 is 0 Å². The predicted molar refractivity (Wildman–Crippen MR) is 96.1 cm³/mol. The first-order chi connectivity index (χ1) is 11.5. The first-order valence-electron chi connectivity index (χ1n) is 7.85. The minimum Gasteiger partial charge on any atom is -0.449 e. The normalized spacial score (nSPS) is 17.3. The maximum absolute atomic E-state index is 12.8. The van der Waals surface area contributed by atoms with E-state index in [0.29, 0.717) is 5.56 Å². The number of amides is 1. The second-order valence-electron chi connectivity index (χ2n) is 5.94. The fraction of sp³-hybridized carbons (Fsp3) is 0.263. The third kappa shape index (κ3) is 3.22. The molecule has 1 aliphatic heterocycles. The Morgan fingerprint density at radius 3 is 2.54 bits per heavy atom. The summed E-state index contributed by atoms with van der Waals surface area (Å²) in [6, 6.07) is 14.8. The summed E-state index contributed by atoms with van der Waals surface area (Å²) in [6.07, 6.45) is -0.0234. The van der Waals surface area contributed by atoms with Gasteiger partial charge in [-0.3, -0.25) is 4.79 Å². The first kappa shape index (κ1) is 16.7. The molecule has 4 nitrogen and oxygen atoms in total. The molecular weight excluding hydrogens is 370 g/mol. The second kappa shape index (κ2) is 6.77. The van der Waals surface area contributed by atoms with E-state index in [0.717, 1.165) is 22.1 Å². The van der Waals surface area contributed by atoms with Crippen LogP contribution in [0.1, 0.15) is 29.8 Å². The van der Waals surface area contributed by atoms with Crippen LogP contribution in [0, 0.1) is 0 Å². The highest BCUT2D eigenvalue weighted by Gasteiger charge is 2.34. The van der Waals surface area contributed by atoms with Crippen molar-refractivity contribution in [2.45, 2.75) is 32.4 Å². The van der Waals surface area contributed by atoms with Crippen molar-refractivity contribution in [1.82, 2.24) is 0 Å². The average Bonchev–Trinajstić information content (AvgIpc) is 2.90. The Morgan fingerprint density at radius 2 is 1.83 bits per heavy atom. The molecule has 0 radical (unpaired) electrons. The molecule has 0 spiro atoms. The van der Waals surface area contributed by atoms with Crippen LogP contribution in [0.5, 0.6) is 0 Å². The van der Waals surface area contributed by atoms with Gasteiger partial charge in [0.05, 0.1) is 5.56 Å². The number of fused-ring (bicyclic) bond motifs is 1. The highest BCUT2D eigenvalue weighted by atomic mass is 79.9. The lowest BCUT2D eigenvalue weighted by molar-refractivity contribution is -0.126. The van der Waals surface area contributed by atoms with Gasteiger partial charge in [0.25, 0.3) is 5.91 Å². The number of rotatable bonds is 3. The molecule has 1 aliphatic rings. The summed E-state index contributed by atoms with van der Waals surface area (Å²) >= 11 is 3.32. The lowest BCUT2D eigenvalue weighted by Gasteiger charge is -2.25. The van der Waals surface area contributed by atoms with Crippen molar-refractivity contribution in [3.63, 3.8) is 0 Å². The molecule has 0 unspecified atom stereocenters. The quantitative estimate of drug-likeness (QED) is 0.748. The van der Waals surface area contributed by atoms with E-state index < -0.39 is 12.1 Å². The number of nitrogens with zero attached hydrogens (tertiary/aromatic N) is 1. The Balaban J connectivity index is 1.73. The highest BCUT2D eigenvalue weighted by Crippen LogP contribution is 2.32. The second-order valence-corrected chi connectivity index (χ2v) is 6.86. The number of hydrogen-bond acceptors (Lipinski definition) is 3. The van der Waals surface area contributed by atoms with Gasteiger partial charge in [-0.2, -0.15) is 0 Å². The maximum atomic E-state index is 12.8. The number of hydrogen-bond donors (Lipinski definition) is 0. The summed E-state index contributed by atoms with van der Waals surface area (Å²) in [7, 11) is 0. The molecule has 24 heavy (non-hydrogen) atoms. The highest BCUT2D eigenvalue weighted by molar-refractivity contribution is 9.10. The van der Waals surface area contributed by atoms with Crippen LogP contribution in [0.25, 0.3) is 0 Å². The number of carbonyl (C=O) groups excluding carboxylic acids is 2. The van der Waals surface area contributed by atoms with Crippen molar-refractivity contribution in [3.8, 4) is 0 Å². The smallest absolute Gasteiger partial charge is 0.338 e. The number of ether oxygens (including phenoxy) is 1. The number of halogens is 1. The van der Waals surface area contributed by atoms with Crippen molar-refractivity contribution >= 4 is 33.5 Å². The van der Waals surface area contributed by atoms with Crippen molar-refractivity contribution in [2.75, 3.05) is 4.90 Å². The largest absolute Gasteiger partial charge is 0.449 e. The number of para-hydroxylation sites is 1. The van der Waals surface area contributed by atoms with Crippen LogP contribution >= 0.6 is 15.9 Å². The Kier molecular flexibility index (Phi) is 4.71. The molecule has 0 aromatic heterocycles. The lowest BCUT2D eigenvalue weighted by Crippen LogP contribution is -2.43. The van der Waals surface area contributed by atoms with Crippen molar-refractivity contribution in [2.24, 2.45) is 0 Å². The van der Waals surface area contributed by atoms with Crippen LogP contribution in [0.15, 0.2) is 53.0 Å². The molecular formula is C19H18BrNO3. The zero-order chi connectivity index (χ0) is 17.3. The van der Waals surface area contributed by atoms with Crippen LogP contribution in [0.3, 0.4) is 0 Å². The fourth-order valence-corrected chi connectivity index (χ4v) is 3.23. The summed E-state index contributed by atoms with van der Waals surface area (Å²) in [4.78, 5) is 26.7. The molecule has 0 fully saturated rings. The third-order valence-electron chi connectivity index (χ3n) is 4.16. The number of esters is 1. The van der Waals surface area contributed by atoms with Crippen molar-refractivity contribution in [3.05, 3.63) is 64.1 Å². The predicted octanol–water partition coefficient (Wildman–Crippen LogP) is 3.97. The SMILES string of the molecule is C[C@H](OC(=O)c1ccc(Br)cc1)C(=O)N1c2ccccc2C[C@@H]1C. The molecule has 2 aromatic carbocycles. The van der Waals surface area contributed by atoms with Gasteiger partial charge in [0.2, 0.25) is 0 Å². The molecule has 0 aliphatic carbocycles. The fourth-order valence-electron chi connectivity index (χ4n) is 2.96. The van der Waals surface area contributed by atoms with Gasteiger partial charge < -0.3 is 9.64 Å². The van der Waals surface area contributed by atoms with Crippen LogP contribution < -0.4 is 4.90 Å². The molecule has 5 heteroatoms. The van der Waals surface area contributed by atoms with E-state index in [4.69, 9.17) is 4.74 Å². The molecule has 3 rings (SSSR count). The van der Waals surface area contributed by atoms with E-state index in [9.17, 15) is 9.59 Å². The molecule has 2 aromatic rings. The monoisotopic (exact) mass is 387 g/mol. The first-order valence-corrected chi connectivity index (χ1v) is 8.64. The third-order valence-corrected chi connectivity index (χ3v) is 4.68. The van der Waals surface area contributed by atoms with Crippen LogP contribution in [0.2, 0.25) is 0 Å². The molecule has 0 saturated heterocycles. The molecule has 0 N–H and O–H groups in total. The standard InChI is InChI=1S/C19H18BrNO3/c1-12-11-15-5-3-4-6-17(15)21(12)18(22)13(2)24-19(23)14-7-9-16(20)10-8-14/h3-10,12-13H,11H2,1-2H3/t12-,13-/m0/s1. The van der Waals surface area contributed by atoms with Gasteiger partial charge in [-0.15, -0.1) is 0 Å². The minimum atomic E-state index is -0.838. The van der Waals surface area contributed by atoms with E-state index in [-0.39, 0.29) is 11.9 Å². The molecule has 124 valence electrons. The van der Waals surface area contributed by atoms with E-state index in [2.05, 4.69) is 15.9 Å². The van der Waals surface area contributed by atoms with Crippen molar-refractivity contribution < 1.29 is 14.3 Å². The van der Waals surface area contributed by atoms with Crippen LogP contribution in [-0.2, 0) is 16.0 Å². The summed E-state index contributed by atoms with van der Waals surface area (Å²) < 4.78 is 6.25. The molecule has 2 atom stereocenters. The van der Waals surface area contributed by atoms with Gasteiger partial charge in [0.15, 0.2) is 6.10 Å². The topological polar surface area (TPSA) is 46.6 Å². The summed E-state index contributed by atoms with van der Waals surface area (Å²) in [5.74, 6) is -0.693. The van der Waals surface area contributed by atoms with Gasteiger partial charge in [-0.05, 0) is 56.2 Å². The average molecular weight is 388 g/mol.